The number of aliphatic hydroxyl groups is 1. The van der Waals surface area contributed by atoms with Gasteiger partial charge in [-0.05, 0) is 25.1 Å². The fourth-order valence-corrected chi connectivity index (χ4v) is 1.13. The molecule has 1 unspecified atom stereocenters. The Morgan fingerprint density at radius 2 is 2.27 bits per heavy atom. The maximum absolute atomic E-state index is 12.8. The highest BCUT2D eigenvalue weighted by molar-refractivity contribution is 5.94. The van der Waals surface area contributed by atoms with E-state index in [1.54, 1.807) is 6.92 Å². The second-order valence-electron chi connectivity index (χ2n) is 3.22. The van der Waals surface area contributed by atoms with Gasteiger partial charge in [0.2, 0.25) is 0 Å². The first-order chi connectivity index (χ1) is 7.04. The number of carboxylic acids is 1. The van der Waals surface area contributed by atoms with Crippen molar-refractivity contribution < 1.29 is 19.4 Å². The number of rotatable bonds is 4. The fourth-order valence-electron chi connectivity index (χ4n) is 1.13. The number of carboxylic acid groups (broad SMARTS) is 1. The van der Waals surface area contributed by atoms with E-state index < -0.39 is 11.8 Å². The summed E-state index contributed by atoms with van der Waals surface area (Å²) in [6, 6.07) is 3.16. The van der Waals surface area contributed by atoms with Crippen LogP contribution in [0, 0.1) is 5.82 Å². The van der Waals surface area contributed by atoms with Crippen LogP contribution in [0.1, 0.15) is 17.3 Å². The van der Waals surface area contributed by atoms with Crippen LogP contribution in [0.3, 0.4) is 0 Å². The summed E-state index contributed by atoms with van der Waals surface area (Å²) in [7, 11) is 0. The molecule has 1 atom stereocenters. The van der Waals surface area contributed by atoms with Gasteiger partial charge in [-0.25, -0.2) is 9.18 Å². The van der Waals surface area contributed by atoms with Crippen LogP contribution in [0.25, 0.3) is 0 Å². The van der Waals surface area contributed by atoms with E-state index in [2.05, 4.69) is 5.32 Å². The predicted octanol–water partition coefficient (Wildman–Crippen LogP) is 1.32. The van der Waals surface area contributed by atoms with E-state index in [0.29, 0.717) is 5.69 Å². The summed E-state index contributed by atoms with van der Waals surface area (Å²) in [6.45, 7) is 1.56. The topological polar surface area (TPSA) is 69.6 Å². The van der Waals surface area contributed by atoms with E-state index in [0.717, 1.165) is 6.07 Å². The maximum atomic E-state index is 12.8. The minimum Gasteiger partial charge on any atom is -0.478 e. The number of halogens is 1. The third-order valence-corrected chi connectivity index (χ3v) is 1.89. The van der Waals surface area contributed by atoms with Crippen LogP contribution in [-0.2, 0) is 0 Å². The van der Waals surface area contributed by atoms with E-state index in [1.165, 1.54) is 12.1 Å². The number of anilines is 1. The Balaban J connectivity index is 3.01. The number of aliphatic hydroxyl groups excluding tert-OH is 1. The molecular formula is C10H12FNO3. The van der Waals surface area contributed by atoms with Gasteiger partial charge < -0.3 is 15.5 Å². The quantitative estimate of drug-likeness (QED) is 0.705. The molecule has 0 spiro atoms. The van der Waals surface area contributed by atoms with Gasteiger partial charge in [0.05, 0.1) is 12.2 Å². The number of benzene rings is 1. The van der Waals surface area contributed by atoms with Crippen LogP contribution in [0.15, 0.2) is 18.2 Å². The Morgan fingerprint density at radius 1 is 1.60 bits per heavy atom. The largest absolute Gasteiger partial charge is 0.478 e. The van der Waals surface area contributed by atoms with E-state index in [9.17, 15) is 9.18 Å². The zero-order valence-corrected chi connectivity index (χ0v) is 8.20. The molecule has 0 aromatic heterocycles. The molecule has 82 valence electrons. The fraction of sp³-hybridized carbons (Fsp3) is 0.300. The summed E-state index contributed by atoms with van der Waals surface area (Å²) >= 11 is 0. The average Bonchev–Trinajstić information content (AvgIpc) is 2.20. The molecule has 15 heavy (non-hydrogen) atoms. The second-order valence-corrected chi connectivity index (χ2v) is 3.22. The molecule has 5 heteroatoms. The smallest absolute Gasteiger partial charge is 0.337 e. The summed E-state index contributed by atoms with van der Waals surface area (Å²) in [5.41, 5.74) is 0.153. The summed E-state index contributed by atoms with van der Waals surface area (Å²) in [5.74, 6) is -1.81. The standard InChI is InChI=1S/C10H12FNO3/c1-6(5-13)12-9-3-2-7(11)4-8(9)10(14)15/h2-4,6,12-13H,5H2,1H3,(H,14,15). The minimum absolute atomic E-state index is 0.129. The van der Waals surface area contributed by atoms with Gasteiger partial charge in [-0.3, -0.25) is 0 Å². The lowest BCUT2D eigenvalue weighted by atomic mass is 10.1. The molecule has 0 bridgehead atoms. The molecule has 0 radical (unpaired) electrons. The summed E-state index contributed by atoms with van der Waals surface area (Å²) in [6.07, 6.45) is 0. The molecule has 1 rings (SSSR count). The van der Waals surface area contributed by atoms with Crippen LogP contribution in [0.4, 0.5) is 10.1 Å². The van der Waals surface area contributed by atoms with Crippen LogP contribution in [-0.4, -0.2) is 28.8 Å². The Hall–Kier alpha value is -1.62. The van der Waals surface area contributed by atoms with Gasteiger partial charge in [-0.1, -0.05) is 0 Å². The molecule has 0 heterocycles. The van der Waals surface area contributed by atoms with E-state index in [-0.39, 0.29) is 18.2 Å². The average molecular weight is 213 g/mol. The zero-order valence-electron chi connectivity index (χ0n) is 8.20. The summed E-state index contributed by atoms with van der Waals surface area (Å²) in [5, 5.41) is 20.4. The molecule has 0 saturated heterocycles. The van der Waals surface area contributed by atoms with E-state index in [1.807, 2.05) is 0 Å². The monoisotopic (exact) mass is 213 g/mol. The van der Waals surface area contributed by atoms with Gasteiger partial charge in [0.15, 0.2) is 0 Å². The first-order valence-electron chi connectivity index (χ1n) is 4.45. The van der Waals surface area contributed by atoms with Gasteiger partial charge in [0.25, 0.3) is 0 Å². The highest BCUT2D eigenvalue weighted by Crippen LogP contribution is 2.17. The molecule has 0 fully saturated rings. The number of hydrogen-bond acceptors (Lipinski definition) is 3. The van der Waals surface area contributed by atoms with Gasteiger partial charge >= 0.3 is 5.97 Å². The lowest BCUT2D eigenvalue weighted by Crippen LogP contribution is -2.21. The van der Waals surface area contributed by atoms with Crippen molar-refractivity contribution in [1.29, 1.82) is 0 Å². The number of aromatic carboxylic acids is 1. The molecule has 0 amide bonds. The van der Waals surface area contributed by atoms with E-state index in [4.69, 9.17) is 10.2 Å². The summed E-state index contributed by atoms with van der Waals surface area (Å²) in [4.78, 5) is 10.8. The maximum Gasteiger partial charge on any atom is 0.337 e. The molecule has 0 saturated carbocycles. The van der Waals surface area contributed by atoms with Crippen LogP contribution >= 0.6 is 0 Å². The molecule has 0 aliphatic carbocycles. The highest BCUT2D eigenvalue weighted by atomic mass is 19.1. The molecule has 4 nitrogen and oxygen atoms in total. The van der Waals surface area contributed by atoms with E-state index >= 15 is 0 Å². The Bertz CT molecular complexity index is 368. The molecule has 0 aliphatic heterocycles. The summed E-state index contributed by atoms with van der Waals surface area (Å²) < 4.78 is 12.8. The number of hydrogen-bond donors (Lipinski definition) is 3. The van der Waals surface area contributed by atoms with Crippen LogP contribution < -0.4 is 5.32 Å². The highest BCUT2D eigenvalue weighted by Gasteiger charge is 2.12. The first kappa shape index (κ1) is 11.5. The van der Waals surface area contributed by atoms with Gasteiger partial charge in [0.1, 0.15) is 5.82 Å². The molecule has 3 N–H and O–H groups in total. The molecule has 1 aromatic carbocycles. The number of carbonyl (C=O) groups is 1. The molecule has 1 aromatic rings. The SMILES string of the molecule is CC(CO)Nc1ccc(F)cc1C(=O)O. The van der Waals surface area contributed by atoms with Crippen LogP contribution in [0.2, 0.25) is 0 Å². The minimum atomic E-state index is -1.21. The predicted molar refractivity (Wildman–Crippen MR) is 53.5 cm³/mol. The molecular weight excluding hydrogens is 201 g/mol. The van der Waals surface area contributed by atoms with Gasteiger partial charge in [-0.15, -0.1) is 0 Å². The Labute approximate surface area is 86.4 Å². The lowest BCUT2D eigenvalue weighted by Gasteiger charge is -2.14. The third kappa shape index (κ3) is 2.92. The van der Waals surface area contributed by atoms with Crippen molar-refractivity contribution in [3.63, 3.8) is 0 Å². The third-order valence-electron chi connectivity index (χ3n) is 1.89. The van der Waals surface area contributed by atoms with Crippen molar-refractivity contribution in [2.45, 2.75) is 13.0 Å². The van der Waals surface area contributed by atoms with Crippen molar-refractivity contribution in [2.24, 2.45) is 0 Å². The normalized spacial score (nSPS) is 12.2. The Kier molecular flexibility index (Phi) is 3.62. The second kappa shape index (κ2) is 4.75. The number of nitrogens with one attached hydrogen (secondary N) is 1. The first-order valence-corrected chi connectivity index (χ1v) is 4.45. The zero-order chi connectivity index (χ0) is 11.4. The molecule has 0 aliphatic rings. The van der Waals surface area contributed by atoms with Gasteiger partial charge in [0, 0.05) is 11.7 Å². The van der Waals surface area contributed by atoms with Crippen LogP contribution in [0.5, 0.6) is 0 Å². The van der Waals surface area contributed by atoms with Crippen molar-refractivity contribution in [3.8, 4) is 0 Å². The van der Waals surface area contributed by atoms with Crippen molar-refractivity contribution in [3.05, 3.63) is 29.6 Å². The lowest BCUT2D eigenvalue weighted by molar-refractivity contribution is 0.0697. The van der Waals surface area contributed by atoms with Gasteiger partial charge in [-0.2, -0.15) is 0 Å². The van der Waals surface area contributed by atoms with Crippen molar-refractivity contribution in [2.75, 3.05) is 11.9 Å². The Morgan fingerprint density at radius 3 is 2.80 bits per heavy atom. The van der Waals surface area contributed by atoms with Crippen molar-refractivity contribution >= 4 is 11.7 Å². The van der Waals surface area contributed by atoms with Crippen molar-refractivity contribution in [1.82, 2.24) is 0 Å².